The first kappa shape index (κ1) is 9.27. The Hall–Kier alpha value is -0.820. The van der Waals surface area contributed by atoms with Gasteiger partial charge in [0, 0.05) is 6.61 Å². The largest absolute Gasteiger partial charge is 0.374 e. The highest BCUT2D eigenvalue weighted by molar-refractivity contribution is 5.16. The molecule has 1 aromatic carbocycles. The van der Waals surface area contributed by atoms with Gasteiger partial charge in [-0.25, -0.2) is 0 Å². The van der Waals surface area contributed by atoms with Crippen molar-refractivity contribution in [2.45, 2.75) is 26.4 Å². The lowest BCUT2D eigenvalue weighted by Gasteiger charge is -2.14. The number of benzene rings is 1. The normalized spacial score (nSPS) is 12.8. The van der Waals surface area contributed by atoms with Crippen LogP contribution in [0.15, 0.2) is 24.3 Å². The predicted octanol–water partition coefficient (Wildman–Crippen LogP) is 2.97. The summed E-state index contributed by atoms with van der Waals surface area (Å²) in [5.41, 5.74) is 1.25. The van der Waals surface area contributed by atoms with Crippen LogP contribution in [0.1, 0.15) is 31.9 Å². The zero-order valence-electron chi connectivity index (χ0n) is 7.71. The van der Waals surface area contributed by atoms with Crippen LogP contribution < -0.4 is 0 Å². The molecule has 1 heteroatoms. The van der Waals surface area contributed by atoms with Gasteiger partial charge in [-0.1, -0.05) is 31.2 Å². The molecule has 0 amide bonds. The van der Waals surface area contributed by atoms with Crippen molar-refractivity contribution in [1.29, 1.82) is 0 Å². The summed E-state index contributed by atoms with van der Waals surface area (Å²) < 4.78 is 5.56. The molecule has 1 radical (unpaired) electrons. The van der Waals surface area contributed by atoms with Crippen molar-refractivity contribution in [2.75, 3.05) is 6.61 Å². The zero-order chi connectivity index (χ0) is 8.81. The first-order chi connectivity index (χ1) is 5.88. The lowest BCUT2D eigenvalue weighted by molar-refractivity contribution is 0.0598. The van der Waals surface area contributed by atoms with Crippen LogP contribution in [-0.2, 0) is 4.74 Å². The molecule has 0 bridgehead atoms. The van der Waals surface area contributed by atoms with Crippen molar-refractivity contribution >= 4 is 0 Å². The molecule has 0 aromatic heterocycles. The molecule has 0 aliphatic heterocycles. The summed E-state index contributed by atoms with van der Waals surface area (Å²) in [6.07, 6.45) is 1.28. The average molecular weight is 163 g/mol. The SMILES string of the molecule is CCOC(CC)c1cc[c]cc1. The lowest BCUT2D eigenvalue weighted by Crippen LogP contribution is -2.02. The van der Waals surface area contributed by atoms with Crippen molar-refractivity contribution in [3.8, 4) is 0 Å². The summed E-state index contributed by atoms with van der Waals surface area (Å²) in [5.74, 6) is 0. The van der Waals surface area contributed by atoms with Crippen LogP contribution in [0.4, 0.5) is 0 Å². The van der Waals surface area contributed by atoms with Gasteiger partial charge in [0.05, 0.1) is 6.10 Å². The van der Waals surface area contributed by atoms with E-state index in [-0.39, 0.29) is 6.10 Å². The second-order valence-electron chi connectivity index (χ2n) is 2.69. The first-order valence-electron chi connectivity index (χ1n) is 4.46. The molecule has 0 heterocycles. The van der Waals surface area contributed by atoms with E-state index in [1.54, 1.807) is 0 Å². The van der Waals surface area contributed by atoms with Crippen LogP contribution in [0.3, 0.4) is 0 Å². The van der Waals surface area contributed by atoms with Crippen LogP contribution in [0.2, 0.25) is 0 Å². The molecular weight excluding hydrogens is 148 g/mol. The quantitative estimate of drug-likeness (QED) is 0.663. The molecule has 0 N–H and O–H groups in total. The second-order valence-corrected chi connectivity index (χ2v) is 2.69. The Morgan fingerprint density at radius 2 is 2.00 bits per heavy atom. The summed E-state index contributed by atoms with van der Waals surface area (Å²) in [5, 5.41) is 0. The summed E-state index contributed by atoms with van der Waals surface area (Å²) in [4.78, 5) is 0. The van der Waals surface area contributed by atoms with Crippen molar-refractivity contribution in [1.82, 2.24) is 0 Å². The number of hydrogen-bond acceptors (Lipinski definition) is 1. The van der Waals surface area contributed by atoms with Crippen LogP contribution in [0.25, 0.3) is 0 Å². The van der Waals surface area contributed by atoms with E-state index in [1.807, 2.05) is 19.1 Å². The molecule has 1 unspecified atom stereocenters. The van der Waals surface area contributed by atoms with E-state index >= 15 is 0 Å². The predicted molar refractivity (Wildman–Crippen MR) is 49.9 cm³/mol. The van der Waals surface area contributed by atoms with Crippen molar-refractivity contribution in [2.24, 2.45) is 0 Å². The monoisotopic (exact) mass is 163 g/mol. The second kappa shape index (κ2) is 4.94. The summed E-state index contributed by atoms with van der Waals surface area (Å²) >= 11 is 0. The van der Waals surface area contributed by atoms with Crippen molar-refractivity contribution in [3.63, 3.8) is 0 Å². The molecule has 0 saturated carbocycles. The third-order valence-electron chi connectivity index (χ3n) is 1.85. The molecule has 0 saturated heterocycles. The van der Waals surface area contributed by atoms with E-state index < -0.39 is 0 Å². The van der Waals surface area contributed by atoms with Crippen LogP contribution in [0.5, 0.6) is 0 Å². The third-order valence-corrected chi connectivity index (χ3v) is 1.85. The van der Waals surface area contributed by atoms with Gasteiger partial charge in [-0.2, -0.15) is 0 Å². The summed E-state index contributed by atoms with van der Waals surface area (Å²) in [7, 11) is 0. The highest BCUT2D eigenvalue weighted by atomic mass is 16.5. The maximum Gasteiger partial charge on any atom is 0.0822 e. The first-order valence-corrected chi connectivity index (χ1v) is 4.46. The van der Waals surface area contributed by atoms with Gasteiger partial charge in [0.1, 0.15) is 0 Å². The molecule has 1 aromatic rings. The van der Waals surface area contributed by atoms with E-state index in [0.29, 0.717) is 0 Å². The number of ether oxygens (including phenoxy) is 1. The van der Waals surface area contributed by atoms with Gasteiger partial charge in [-0.15, -0.1) is 0 Å². The fourth-order valence-electron chi connectivity index (χ4n) is 1.27. The zero-order valence-corrected chi connectivity index (χ0v) is 7.71. The molecule has 65 valence electrons. The maximum atomic E-state index is 5.56. The molecule has 0 fully saturated rings. The Morgan fingerprint density at radius 3 is 2.50 bits per heavy atom. The van der Waals surface area contributed by atoms with Crippen LogP contribution in [0, 0.1) is 6.07 Å². The summed E-state index contributed by atoms with van der Waals surface area (Å²) in [6.45, 7) is 4.94. The lowest BCUT2D eigenvalue weighted by atomic mass is 10.1. The van der Waals surface area contributed by atoms with Gasteiger partial charge in [-0.3, -0.25) is 0 Å². The molecule has 1 rings (SSSR count). The smallest absolute Gasteiger partial charge is 0.0822 e. The van der Waals surface area contributed by atoms with Gasteiger partial charge >= 0.3 is 0 Å². The van der Waals surface area contributed by atoms with E-state index in [4.69, 9.17) is 4.74 Å². The minimum atomic E-state index is 0.254. The molecule has 0 aliphatic rings. The summed E-state index contributed by atoms with van der Waals surface area (Å²) in [6, 6.07) is 11.0. The molecule has 12 heavy (non-hydrogen) atoms. The Morgan fingerprint density at radius 1 is 1.33 bits per heavy atom. The van der Waals surface area contributed by atoms with E-state index in [2.05, 4.69) is 25.1 Å². The van der Waals surface area contributed by atoms with Crippen molar-refractivity contribution in [3.05, 3.63) is 35.9 Å². The molecule has 0 aliphatic carbocycles. The van der Waals surface area contributed by atoms with E-state index in [9.17, 15) is 0 Å². The highest BCUT2D eigenvalue weighted by Crippen LogP contribution is 2.19. The Balaban J connectivity index is 2.66. The molecule has 1 atom stereocenters. The molecule has 0 spiro atoms. The highest BCUT2D eigenvalue weighted by Gasteiger charge is 2.06. The van der Waals surface area contributed by atoms with Crippen LogP contribution in [-0.4, -0.2) is 6.61 Å². The third kappa shape index (κ3) is 2.35. The maximum absolute atomic E-state index is 5.56. The Labute approximate surface area is 74.4 Å². The topological polar surface area (TPSA) is 9.23 Å². The van der Waals surface area contributed by atoms with E-state index in [0.717, 1.165) is 13.0 Å². The Bertz CT molecular complexity index is 206. The van der Waals surface area contributed by atoms with Gasteiger partial charge in [0.15, 0.2) is 0 Å². The minimum absolute atomic E-state index is 0.254. The number of hydrogen-bond donors (Lipinski definition) is 0. The molecular formula is C11H15O. The Kier molecular flexibility index (Phi) is 3.81. The van der Waals surface area contributed by atoms with Gasteiger partial charge in [-0.05, 0) is 25.0 Å². The fourth-order valence-corrected chi connectivity index (χ4v) is 1.27. The van der Waals surface area contributed by atoms with Crippen molar-refractivity contribution < 1.29 is 4.74 Å². The van der Waals surface area contributed by atoms with Gasteiger partial charge in [0.2, 0.25) is 0 Å². The molecule has 1 nitrogen and oxygen atoms in total. The minimum Gasteiger partial charge on any atom is -0.374 e. The van der Waals surface area contributed by atoms with Gasteiger partial charge in [0.25, 0.3) is 0 Å². The number of rotatable bonds is 4. The van der Waals surface area contributed by atoms with Gasteiger partial charge < -0.3 is 4.74 Å². The van der Waals surface area contributed by atoms with E-state index in [1.165, 1.54) is 5.56 Å². The average Bonchev–Trinajstić information content (AvgIpc) is 2.15. The fraction of sp³-hybridized carbons (Fsp3) is 0.455. The van der Waals surface area contributed by atoms with Crippen LogP contribution >= 0.6 is 0 Å². The standard InChI is InChI=1S/C11H15O/c1-3-11(12-4-2)10-8-6-5-7-9-10/h6-9,11H,3-4H2,1-2H3.